The maximum absolute atomic E-state index is 11.6. The number of nitrogens with one attached hydrogen (secondary N) is 1. The van der Waals surface area contributed by atoms with Crippen LogP contribution in [-0.2, 0) is 16.4 Å². The average molecular weight is 272 g/mol. The van der Waals surface area contributed by atoms with E-state index in [0.717, 1.165) is 18.7 Å². The Morgan fingerprint density at radius 2 is 2.39 bits per heavy atom. The molecule has 6 nitrogen and oxygen atoms in total. The van der Waals surface area contributed by atoms with Crippen molar-refractivity contribution in [2.24, 2.45) is 5.92 Å². The highest BCUT2D eigenvalue weighted by Gasteiger charge is 2.35. The second kappa shape index (κ2) is 5.36. The summed E-state index contributed by atoms with van der Waals surface area (Å²) < 4.78 is 25.0. The van der Waals surface area contributed by atoms with Gasteiger partial charge in [-0.1, -0.05) is 12.1 Å². The predicted octanol–water partition coefficient (Wildman–Crippen LogP) is 0.383. The zero-order valence-electron chi connectivity index (χ0n) is 10.8. The van der Waals surface area contributed by atoms with Gasteiger partial charge in [-0.2, -0.15) is 0 Å². The Bertz CT molecular complexity index is 497. The molecule has 1 fully saturated rings. The van der Waals surface area contributed by atoms with Gasteiger partial charge in [0.2, 0.25) is 0 Å². The smallest absolute Gasteiger partial charge is 0.150 e. The standard InChI is InChI=1S/C11H20N4O2S/c1-3-5-15-10(7-13-14-15)11(12-2)9-4-6-18(16,17)8-9/h7,9,11-12H,3-6,8H2,1-2H3. The maximum Gasteiger partial charge on any atom is 0.150 e. The largest absolute Gasteiger partial charge is 0.311 e. The van der Waals surface area contributed by atoms with Crippen LogP contribution in [0, 0.1) is 5.92 Å². The Kier molecular flexibility index (Phi) is 4.01. The summed E-state index contributed by atoms with van der Waals surface area (Å²) in [6.45, 7) is 2.90. The summed E-state index contributed by atoms with van der Waals surface area (Å²) in [6.07, 6.45) is 3.43. The van der Waals surface area contributed by atoms with Gasteiger partial charge in [-0.25, -0.2) is 13.1 Å². The van der Waals surface area contributed by atoms with Crippen molar-refractivity contribution >= 4 is 9.84 Å². The topological polar surface area (TPSA) is 76.9 Å². The summed E-state index contributed by atoms with van der Waals surface area (Å²) in [5.74, 6) is 0.676. The Morgan fingerprint density at radius 3 is 2.94 bits per heavy atom. The molecule has 0 spiro atoms. The number of aromatic nitrogens is 3. The summed E-state index contributed by atoms with van der Waals surface area (Å²) in [7, 11) is -0.997. The van der Waals surface area contributed by atoms with Crippen LogP contribution in [-0.4, -0.2) is 42.0 Å². The van der Waals surface area contributed by atoms with Crippen molar-refractivity contribution in [2.75, 3.05) is 18.6 Å². The van der Waals surface area contributed by atoms with E-state index in [1.54, 1.807) is 6.20 Å². The van der Waals surface area contributed by atoms with Crippen LogP contribution in [0.15, 0.2) is 6.20 Å². The van der Waals surface area contributed by atoms with Crippen LogP contribution in [0.3, 0.4) is 0 Å². The fourth-order valence-electron chi connectivity index (χ4n) is 2.60. The van der Waals surface area contributed by atoms with E-state index in [9.17, 15) is 8.42 Å². The molecule has 0 aliphatic carbocycles. The quantitative estimate of drug-likeness (QED) is 0.838. The normalized spacial score (nSPS) is 24.2. The monoisotopic (exact) mass is 272 g/mol. The Labute approximate surface area is 108 Å². The molecule has 1 aliphatic heterocycles. The third kappa shape index (κ3) is 2.72. The van der Waals surface area contributed by atoms with Gasteiger partial charge in [-0.3, -0.25) is 0 Å². The van der Waals surface area contributed by atoms with E-state index in [-0.39, 0.29) is 17.7 Å². The lowest BCUT2D eigenvalue weighted by Gasteiger charge is -2.22. The lowest BCUT2D eigenvalue weighted by molar-refractivity contribution is 0.385. The van der Waals surface area contributed by atoms with Gasteiger partial charge in [0, 0.05) is 6.54 Å². The molecule has 2 heterocycles. The minimum absolute atomic E-state index is 0.0174. The van der Waals surface area contributed by atoms with E-state index < -0.39 is 9.84 Å². The average Bonchev–Trinajstić information content (AvgIpc) is 2.89. The van der Waals surface area contributed by atoms with Crippen molar-refractivity contribution in [1.29, 1.82) is 0 Å². The van der Waals surface area contributed by atoms with Crippen molar-refractivity contribution in [3.8, 4) is 0 Å². The Morgan fingerprint density at radius 1 is 1.61 bits per heavy atom. The van der Waals surface area contributed by atoms with Gasteiger partial charge in [-0.15, -0.1) is 5.10 Å². The lowest BCUT2D eigenvalue weighted by Crippen LogP contribution is -2.28. The highest BCUT2D eigenvalue weighted by atomic mass is 32.2. The molecule has 18 heavy (non-hydrogen) atoms. The third-order valence-electron chi connectivity index (χ3n) is 3.45. The van der Waals surface area contributed by atoms with Gasteiger partial charge in [0.1, 0.15) is 0 Å². The van der Waals surface area contributed by atoms with Gasteiger partial charge >= 0.3 is 0 Å². The number of aryl methyl sites for hydroxylation is 1. The third-order valence-corrected chi connectivity index (χ3v) is 5.25. The Balaban J connectivity index is 2.20. The van der Waals surface area contributed by atoms with Crippen molar-refractivity contribution in [1.82, 2.24) is 20.3 Å². The molecule has 1 N–H and O–H groups in total. The van der Waals surface area contributed by atoms with Crippen molar-refractivity contribution < 1.29 is 8.42 Å². The van der Waals surface area contributed by atoms with Crippen LogP contribution in [0.2, 0.25) is 0 Å². The molecule has 1 saturated heterocycles. The molecular formula is C11H20N4O2S. The molecule has 7 heteroatoms. The first kappa shape index (κ1) is 13.5. The van der Waals surface area contributed by atoms with Crippen LogP contribution in [0.5, 0.6) is 0 Å². The van der Waals surface area contributed by atoms with Gasteiger partial charge in [-0.05, 0) is 25.8 Å². The minimum Gasteiger partial charge on any atom is -0.311 e. The molecule has 0 amide bonds. The highest BCUT2D eigenvalue weighted by molar-refractivity contribution is 7.91. The van der Waals surface area contributed by atoms with Crippen molar-refractivity contribution in [3.05, 3.63) is 11.9 Å². The van der Waals surface area contributed by atoms with Gasteiger partial charge < -0.3 is 5.32 Å². The number of hydrogen-bond acceptors (Lipinski definition) is 5. The zero-order valence-corrected chi connectivity index (χ0v) is 11.7. The molecule has 0 saturated carbocycles. The summed E-state index contributed by atoms with van der Waals surface area (Å²) in [5.41, 5.74) is 0.987. The molecule has 0 bridgehead atoms. The summed E-state index contributed by atoms with van der Waals surface area (Å²) in [5, 5.41) is 11.2. The molecule has 1 aromatic rings. The van der Waals surface area contributed by atoms with Crippen LogP contribution in [0.1, 0.15) is 31.5 Å². The lowest BCUT2D eigenvalue weighted by atomic mass is 9.97. The fourth-order valence-corrected chi connectivity index (χ4v) is 4.44. The SMILES string of the molecule is CCCn1nncc1C(NC)C1CCS(=O)(=O)C1. The molecule has 1 aromatic heterocycles. The zero-order chi connectivity index (χ0) is 13.2. The molecule has 2 rings (SSSR count). The Hall–Kier alpha value is -0.950. The predicted molar refractivity (Wildman–Crippen MR) is 68.9 cm³/mol. The van der Waals surface area contributed by atoms with E-state index in [0.29, 0.717) is 12.2 Å². The minimum atomic E-state index is -2.86. The molecular weight excluding hydrogens is 252 g/mol. The molecule has 2 atom stereocenters. The molecule has 2 unspecified atom stereocenters. The van der Waals surface area contributed by atoms with E-state index >= 15 is 0 Å². The van der Waals surface area contributed by atoms with Crippen molar-refractivity contribution in [3.63, 3.8) is 0 Å². The van der Waals surface area contributed by atoms with Gasteiger partial charge in [0.25, 0.3) is 0 Å². The number of rotatable bonds is 5. The number of hydrogen-bond donors (Lipinski definition) is 1. The number of nitrogens with zero attached hydrogens (tertiary/aromatic N) is 3. The van der Waals surface area contributed by atoms with E-state index in [2.05, 4.69) is 22.6 Å². The second-order valence-corrected chi connectivity index (χ2v) is 7.04. The van der Waals surface area contributed by atoms with E-state index in [4.69, 9.17) is 0 Å². The molecule has 102 valence electrons. The first-order valence-corrected chi connectivity index (χ1v) is 8.15. The van der Waals surface area contributed by atoms with Gasteiger partial charge in [0.05, 0.1) is 29.4 Å². The molecule has 0 radical (unpaired) electrons. The molecule has 0 aromatic carbocycles. The first-order valence-electron chi connectivity index (χ1n) is 6.33. The van der Waals surface area contributed by atoms with Crippen LogP contribution in [0.4, 0.5) is 0 Å². The van der Waals surface area contributed by atoms with Crippen LogP contribution in [0.25, 0.3) is 0 Å². The van der Waals surface area contributed by atoms with Crippen LogP contribution >= 0.6 is 0 Å². The van der Waals surface area contributed by atoms with Crippen LogP contribution < -0.4 is 5.32 Å². The maximum atomic E-state index is 11.6. The highest BCUT2D eigenvalue weighted by Crippen LogP contribution is 2.30. The van der Waals surface area contributed by atoms with Crippen molar-refractivity contribution in [2.45, 2.75) is 32.4 Å². The summed E-state index contributed by atoms with van der Waals surface area (Å²) in [4.78, 5) is 0. The second-order valence-electron chi connectivity index (χ2n) is 4.81. The first-order chi connectivity index (χ1) is 8.57. The van der Waals surface area contributed by atoms with E-state index in [1.807, 2.05) is 11.7 Å². The number of sulfone groups is 1. The van der Waals surface area contributed by atoms with E-state index in [1.165, 1.54) is 0 Å². The summed E-state index contributed by atoms with van der Waals surface area (Å²) >= 11 is 0. The fraction of sp³-hybridized carbons (Fsp3) is 0.818. The van der Waals surface area contributed by atoms with Gasteiger partial charge in [0.15, 0.2) is 9.84 Å². The summed E-state index contributed by atoms with van der Waals surface area (Å²) in [6, 6.07) is 0.0174. The molecule has 1 aliphatic rings.